The van der Waals surface area contributed by atoms with E-state index in [0.29, 0.717) is 5.92 Å². The zero-order valence-electron chi connectivity index (χ0n) is 25.4. The summed E-state index contributed by atoms with van der Waals surface area (Å²) in [5, 5.41) is 12.8. The molecule has 2 atom stereocenters. The lowest BCUT2D eigenvalue weighted by Crippen LogP contribution is -2.38. The number of hydrogen-bond donors (Lipinski definition) is 1. The van der Waals surface area contributed by atoms with Gasteiger partial charge in [0.05, 0.1) is 0 Å². The van der Waals surface area contributed by atoms with Crippen molar-refractivity contribution in [1.29, 1.82) is 0 Å². The average molecular weight is 547 g/mol. The van der Waals surface area contributed by atoms with Crippen LogP contribution in [0.4, 0.5) is 4.79 Å². The third kappa shape index (κ3) is 12.1. The van der Waals surface area contributed by atoms with E-state index in [0.717, 1.165) is 43.2 Å². The molecule has 0 radical (unpaired) electrons. The molecular formula is C32H50O7. The number of carboxylic acid groups (broad SMARTS) is 1. The highest BCUT2D eigenvalue weighted by molar-refractivity contribution is 5.55. The molecule has 2 aromatic rings. The summed E-state index contributed by atoms with van der Waals surface area (Å²) in [7, 11) is 0. The van der Waals surface area contributed by atoms with Crippen LogP contribution in [-0.2, 0) is 35.8 Å². The molecule has 220 valence electrons. The highest BCUT2D eigenvalue weighted by Gasteiger charge is 2.36. The van der Waals surface area contributed by atoms with Crippen LogP contribution in [-0.4, -0.2) is 17.4 Å². The van der Waals surface area contributed by atoms with E-state index in [1.54, 1.807) is 0 Å². The Balaban J connectivity index is 0.000000391. The van der Waals surface area contributed by atoms with Crippen LogP contribution >= 0.6 is 0 Å². The smallest absolute Gasteiger partial charge is 0.448 e. The van der Waals surface area contributed by atoms with Crippen molar-refractivity contribution < 1.29 is 34.5 Å². The summed E-state index contributed by atoms with van der Waals surface area (Å²) in [6.07, 6.45) is 3.47. The molecule has 0 spiro atoms. The fourth-order valence-electron chi connectivity index (χ4n) is 4.16. The van der Waals surface area contributed by atoms with Crippen molar-refractivity contribution >= 4 is 6.16 Å². The van der Waals surface area contributed by atoms with Gasteiger partial charge in [-0.25, -0.2) is 19.5 Å². The monoisotopic (exact) mass is 546 g/mol. The first-order chi connectivity index (χ1) is 18.3. The highest BCUT2D eigenvalue weighted by atomic mass is 17.5. The number of benzene rings is 2. The van der Waals surface area contributed by atoms with E-state index < -0.39 is 17.4 Å². The second-order valence-electron chi connectivity index (χ2n) is 11.5. The summed E-state index contributed by atoms with van der Waals surface area (Å²) in [6.45, 7) is 18.5. The normalized spacial score (nSPS) is 13.7. The molecule has 0 aromatic heterocycles. The third-order valence-electron chi connectivity index (χ3n) is 7.21. The van der Waals surface area contributed by atoms with E-state index in [1.807, 2.05) is 88.4 Å². The Bertz CT molecular complexity index is 875. The van der Waals surface area contributed by atoms with Crippen LogP contribution in [0.5, 0.6) is 0 Å². The maximum Gasteiger partial charge on any atom is 0.540 e. The molecule has 39 heavy (non-hydrogen) atoms. The van der Waals surface area contributed by atoms with Crippen molar-refractivity contribution in [1.82, 2.24) is 0 Å². The predicted octanol–water partition coefficient (Wildman–Crippen LogP) is 9.37. The average Bonchev–Trinajstić information content (AvgIpc) is 2.92. The summed E-state index contributed by atoms with van der Waals surface area (Å²) in [5.41, 5.74) is 1.09. The van der Waals surface area contributed by atoms with Gasteiger partial charge in [0.2, 0.25) is 0 Å². The van der Waals surface area contributed by atoms with Crippen LogP contribution in [0.3, 0.4) is 0 Å². The van der Waals surface area contributed by atoms with Crippen LogP contribution in [0.2, 0.25) is 0 Å². The first-order valence-electron chi connectivity index (χ1n) is 14.0. The highest BCUT2D eigenvalue weighted by Crippen LogP contribution is 2.36. The van der Waals surface area contributed by atoms with Gasteiger partial charge in [-0.3, -0.25) is 0 Å². The maximum atomic E-state index is 10.3. The zero-order valence-corrected chi connectivity index (χ0v) is 25.4. The van der Waals surface area contributed by atoms with Crippen molar-refractivity contribution in [2.75, 3.05) is 0 Å². The Morgan fingerprint density at radius 1 is 0.795 bits per heavy atom. The van der Waals surface area contributed by atoms with E-state index in [2.05, 4.69) is 44.5 Å². The molecule has 7 nitrogen and oxygen atoms in total. The van der Waals surface area contributed by atoms with Gasteiger partial charge in [-0.1, -0.05) is 115 Å². The molecule has 0 amide bonds. The maximum absolute atomic E-state index is 10.3. The van der Waals surface area contributed by atoms with E-state index in [4.69, 9.17) is 19.8 Å². The van der Waals surface area contributed by atoms with E-state index >= 15 is 0 Å². The van der Waals surface area contributed by atoms with Crippen molar-refractivity contribution in [2.45, 2.75) is 112 Å². The molecule has 0 aliphatic rings. The standard InChI is InChI=1S/C18H22O2.C14H28O5/c1-17(2,15-11-7-5-8-12-15)19-20-18(3,4)16-13-9-6-10-14-16;1-6-9-10-11(7-2)12(14(4,5)8-3)17-19-18-13(15)16/h5-14H,1-4H3;11-12H,6-10H2,1-5H3,(H,15,16). The van der Waals surface area contributed by atoms with Crippen LogP contribution in [0.15, 0.2) is 60.7 Å². The Morgan fingerprint density at radius 3 is 1.62 bits per heavy atom. The van der Waals surface area contributed by atoms with Crippen LogP contribution in [0.25, 0.3) is 0 Å². The van der Waals surface area contributed by atoms with Crippen molar-refractivity contribution in [2.24, 2.45) is 11.3 Å². The van der Waals surface area contributed by atoms with Gasteiger partial charge in [-0.05, 0) is 68.0 Å². The fraction of sp³-hybridized carbons (Fsp3) is 0.594. The zero-order chi connectivity index (χ0) is 29.5. The Morgan fingerprint density at radius 2 is 1.26 bits per heavy atom. The van der Waals surface area contributed by atoms with Crippen molar-refractivity contribution in [3.63, 3.8) is 0 Å². The van der Waals surface area contributed by atoms with Crippen molar-refractivity contribution in [3.8, 4) is 0 Å². The molecule has 0 aliphatic heterocycles. The molecule has 0 aliphatic carbocycles. The van der Waals surface area contributed by atoms with Crippen molar-refractivity contribution in [3.05, 3.63) is 71.8 Å². The summed E-state index contributed by atoms with van der Waals surface area (Å²) in [4.78, 5) is 31.0. The van der Waals surface area contributed by atoms with E-state index in [1.165, 1.54) is 0 Å². The number of hydrogen-bond acceptors (Lipinski definition) is 6. The molecule has 0 heterocycles. The molecule has 1 N–H and O–H groups in total. The Labute approximate surface area is 235 Å². The largest absolute Gasteiger partial charge is 0.540 e. The number of carbonyl (C=O) groups is 1. The van der Waals surface area contributed by atoms with Gasteiger partial charge < -0.3 is 5.11 Å². The van der Waals surface area contributed by atoms with Crippen LogP contribution < -0.4 is 0 Å². The molecule has 7 heteroatoms. The molecule has 2 rings (SSSR count). The molecule has 0 saturated carbocycles. The Kier molecular flexibility index (Phi) is 14.7. The van der Waals surface area contributed by atoms with Gasteiger partial charge >= 0.3 is 6.16 Å². The minimum absolute atomic E-state index is 0.101. The van der Waals surface area contributed by atoms with Gasteiger partial charge in [-0.15, -0.1) is 0 Å². The minimum atomic E-state index is -1.50. The van der Waals surface area contributed by atoms with Gasteiger partial charge in [0.25, 0.3) is 0 Å². The second kappa shape index (κ2) is 16.6. The molecule has 0 fully saturated rings. The number of rotatable bonds is 15. The van der Waals surface area contributed by atoms with Gasteiger partial charge in [-0.2, -0.15) is 4.89 Å². The number of unbranched alkanes of at least 4 members (excludes halogenated alkanes) is 1. The van der Waals surface area contributed by atoms with E-state index in [9.17, 15) is 4.79 Å². The topological polar surface area (TPSA) is 83.5 Å². The lowest BCUT2D eigenvalue weighted by molar-refractivity contribution is -0.513. The third-order valence-corrected chi connectivity index (χ3v) is 7.21. The molecule has 2 aromatic carbocycles. The van der Waals surface area contributed by atoms with Gasteiger partial charge in [0, 0.05) is 0 Å². The SMILES string of the molecule is CC(C)(OOC(C)(C)c1ccccc1)c1ccccc1.CCCCC(CC)C(OOOC(=O)O)C(C)(C)CC. The predicted molar refractivity (Wildman–Crippen MR) is 154 cm³/mol. The van der Waals surface area contributed by atoms with Gasteiger partial charge in [0.15, 0.2) is 0 Å². The molecular weight excluding hydrogens is 496 g/mol. The molecule has 2 unspecified atom stereocenters. The lowest BCUT2D eigenvalue weighted by Gasteiger charge is -2.36. The fourth-order valence-corrected chi connectivity index (χ4v) is 4.16. The van der Waals surface area contributed by atoms with Gasteiger partial charge in [0.1, 0.15) is 17.3 Å². The molecule has 0 bridgehead atoms. The summed E-state index contributed by atoms with van der Waals surface area (Å²) >= 11 is 0. The summed E-state index contributed by atoms with van der Waals surface area (Å²) in [6, 6.07) is 20.2. The Hall–Kier alpha value is -2.45. The quantitative estimate of drug-likeness (QED) is 0.176. The summed E-state index contributed by atoms with van der Waals surface area (Å²) in [5.74, 6) is 0.326. The summed E-state index contributed by atoms with van der Waals surface area (Å²) < 4.78 is 0. The van der Waals surface area contributed by atoms with Crippen LogP contribution in [0.1, 0.15) is 106 Å². The first-order valence-corrected chi connectivity index (χ1v) is 14.0. The lowest BCUT2D eigenvalue weighted by atomic mass is 9.75. The van der Waals surface area contributed by atoms with E-state index in [-0.39, 0.29) is 11.5 Å². The second-order valence-corrected chi connectivity index (χ2v) is 11.5. The minimum Gasteiger partial charge on any atom is -0.448 e. The first kappa shape index (κ1) is 34.6. The molecule has 0 saturated heterocycles. The van der Waals surface area contributed by atoms with Crippen LogP contribution in [0, 0.1) is 11.3 Å².